The first-order valence-corrected chi connectivity index (χ1v) is 8.70. The van der Waals surface area contributed by atoms with Crippen molar-refractivity contribution in [3.63, 3.8) is 0 Å². The molecule has 1 aromatic carbocycles. The minimum Gasteiger partial charge on any atom is -0.478 e. The van der Waals surface area contributed by atoms with Gasteiger partial charge in [0.1, 0.15) is 0 Å². The number of carboxylic acid groups (broad SMARTS) is 1. The highest BCUT2D eigenvalue weighted by molar-refractivity contribution is 9.10. The van der Waals surface area contributed by atoms with Crippen LogP contribution in [0.1, 0.15) is 47.2 Å². The number of aromatic carboxylic acids is 1. The second kappa shape index (κ2) is 6.65. The van der Waals surface area contributed by atoms with E-state index in [0.717, 1.165) is 41.3 Å². The second-order valence-corrected chi connectivity index (χ2v) is 7.20. The van der Waals surface area contributed by atoms with Crippen LogP contribution in [0.5, 0.6) is 0 Å². The number of hydrogen-bond donors (Lipinski definition) is 1. The van der Waals surface area contributed by atoms with Crippen LogP contribution in [0.2, 0.25) is 5.02 Å². The summed E-state index contributed by atoms with van der Waals surface area (Å²) in [5.41, 5.74) is 4.68. The van der Waals surface area contributed by atoms with Crippen LogP contribution >= 0.6 is 27.5 Å². The molecule has 1 aromatic rings. The van der Waals surface area contributed by atoms with E-state index in [1.165, 1.54) is 17.2 Å². The summed E-state index contributed by atoms with van der Waals surface area (Å²) in [6.45, 7) is 0.927. The van der Waals surface area contributed by atoms with Crippen LogP contribution in [-0.4, -0.2) is 24.2 Å². The third-order valence-corrected chi connectivity index (χ3v) is 6.08. The first-order chi connectivity index (χ1) is 11.0. The summed E-state index contributed by atoms with van der Waals surface area (Å²) in [4.78, 5) is 21.8. The van der Waals surface area contributed by atoms with Gasteiger partial charge in [-0.3, -0.25) is 4.79 Å². The molecule has 0 heterocycles. The van der Waals surface area contributed by atoms with Crippen LogP contribution in [0.3, 0.4) is 0 Å². The Morgan fingerprint density at radius 1 is 1.52 bits per heavy atom. The molecule has 23 heavy (non-hydrogen) atoms. The van der Waals surface area contributed by atoms with Crippen molar-refractivity contribution in [2.45, 2.75) is 32.1 Å². The number of carboxylic acids is 1. The Hall–Kier alpha value is -1.33. The van der Waals surface area contributed by atoms with Gasteiger partial charge in [-0.05, 0) is 76.7 Å². The van der Waals surface area contributed by atoms with Crippen molar-refractivity contribution >= 4 is 45.5 Å². The maximum Gasteiger partial charge on any atom is 0.336 e. The molecule has 1 unspecified atom stereocenters. The van der Waals surface area contributed by atoms with Gasteiger partial charge in [-0.1, -0.05) is 17.2 Å². The summed E-state index contributed by atoms with van der Waals surface area (Å²) in [6.07, 6.45) is 4.37. The molecule has 0 amide bonds. The Morgan fingerprint density at radius 3 is 3.00 bits per heavy atom. The summed E-state index contributed by atoms with van der Waals surface area (Å²) in [5, 5.41) is 9.89. The molecule has 0 aliphatic heterocycles. The van der Waals surface area contributed by atoms with E-state index in [2.05, 4.69) is 15.9 Å². The number of benzene rings is 1. The molecule has 0 fully saturated rings. The topological polar surface area (TPSA) is 63.6 Å². The molecule has 0 radical (unpaired) electrons. The van der Waals surface area contributed by atoms with Crippen molar-refractivity contribution in [1.29, 1.82) is 0 Å². The summed E-state index contributed by atoms with van der Waals surface area (Å²) < 4.78 is 5.59. The van der Waals surface area contributed by atoms with Crippen molar-refractivity contribution in [3.8, 4) is 0 Å². The second-order valence-electron chi connectivity index (χ2n) is 6.00. The van der Waals surface area contributed by atoms with E-state index in [4.69, 9.17) is 16.3 Å². The first-order valence-electron chi connectivity index (χ1n) is 7.53. The Labute approximate surface area is 147 Å². The monoisotopic (exact) mass is 398 g/mol. The average molecular weight is 400 g/mol. The molecule has 6 heteroatoms. The van der Waals surface area contributed by atoms with E-state index >= 15 is 0 Å². The van der Waals surface area contributed by atoms with Crippen molar-refractivity contribution < 1.29 is 19.4 Å². The lowest BCUT2D eigenvalue weighted by Gasteiger charge is -2.24. The molecule has 0 bridgehead atoms. The fourth-order valence-corrected chi connectivity index (χ4v) is 4.47. The van der Waals surface area contributed by atoms with Gasteiger partial charge in [-0.15, -0.1) is 0 Å². The van der Waals surface area contributed by atoms with Gasteiger partial charge in [0.15, 0.2) is 0 Å². The third-order valence-electron chi connectivity index (χ3n) is 4.73. The summed E-state index contributed by atoms with van der Waals surface area (Å²) in [5.74, 6) is -0.461. The van der Waals surface area contributed by atoms with Crippen molar-refractivity contribution in [2.24, 2.45) is 5.92 Å². The maximum atomic E-state index is 11.5. The molecule has 0 saturated heterocycles. The van der Waals surface area contributed by atoms with Gasteiger partial charge >= 0.3 is 5.97 Å². The largest absolute Gasteiger partial charge is 0.478 e. The SMILES string of the molecule is O=COCCC1CCC2=C(Cc3c(C(=O)O)cc(Cl)c(Br)c32)C1. The third kappa shape index (κ3) is 3.04. The van der Waals surface area contributed by atoms with Gasteiger partial charge in [0.2, 0.25) is 0 Å². The molecule has 4 nitrogen and oxygen atoms in total. The van der Waals surface area contributed by atoms with E-state index in [-0.39, 0.29) is 0 Å². The quantitative estimate of drug-likeness (QED) is 0.586. The van der Waals surface area contributed by atoms with Crippen LogP contribution in [0.25, 0.3) is 5.57 Å². The van der Waals surface area contributed by atoms with Crippen molar-refractivity contribution in [2.75, 3.05) is 6.61 Å². The molecule has 0 saturated carbocycles. The fourth-order valence-electron chi connectivity index (χ4n) is 3.68. The molecule has 1 atom stereocenters. The van der Waals surface area contributed by atoms with Gasteiger partial charge in [0.05, 0.1) is 17.2 Å². The molecular weight excluding hydrogens is 384 g/mol. The minimum absolute atomic E-state index is 0.295. The number of hydrogen-bond acceptors (Lipinski definition) is 3. The predicted molar refractivity (Wildman–Crippen MR) is 90.7 cm³/mol. The molecule has 0 spiro atoms. The van der Waals surface area contributed by atoms with Crippen LogP contribution in [0.4, 0.5) is 0 Å². The first kappa shape index (κ1) is 16.5. The normalized spacial score (nSPS) is 19.3. The molecule has 3 rings (SSSR count). The van der Waals surface area contributed by atoms with E-state index in [1.54, 1.807) is 0 Å². The zero-order valence-corrected chi connectivity index (χ0v) is 14.7. The van der Waals surface area contributed by atoms with Crippen LogP contribution in [-0.2, 0) is 16.0 Å². The highest BCUT2D eigenvalue weighted by Crippen LogP contribution is 2.49. The zero-order valence-electron chi connectivity index (χ0n) is 12.4. The van der Waals surface area contributed by atoms with Crippen LogP contribution in [0, 0.1) is 5.92 Å². The van der Waals surface area contributed by atoms with Gasteiger partial charge in [-0.25, -0.2) is 4.79 Å². The summed E-state index contributed by atoms with van der Waals surface area (Å²) >= 11 is 9.73. The smallest absolute Gasteiger partial charge is 0.336 e. The van der Waals surface area contributed by atoms with E-state index in [9.17, 15) is 14.7 Å². The Morgan fingerprint density at radius 2 is 2.30 bits per heavy atom. The zero-order chi connectivity index (χ0) is 16.6. The van der Waals surface area contributed by atoms with Gasteiger partial charge in [-0.2, -0.15) is 0 Å². The molecule has 0 aromatic heterocycles. The van der Waals surface area contributed by atoms with Crippen LogP contribution in [0.15, 0.2) is 16.1 Å². The standard InChI is InChI=1S/C17H16BrClO4/c18-16-14(19)7-13(17(21)22)12-6-10-5-9(3-4-23-8-20)1-2-11(10)15(12)16/h7-9H,1-6H2,(H,21,22). The lowest BCUT2D eigenvalue weighted by molar-refractivity contribution is -0.129. The predicted octanol–water partition coefficient (Wildman–Crippen LogP) is 4.47. The number of halogens is 2. The highest BCUT2D eigenvalue weighted by atomic mass is 79.9. The van der Waals surface area contributed by atoms with E-state index in [0.29, 0.717) is 36.0 Å². The highest BCUT2D eigenvalue weighted by Gasteiger charge is 2.33. The van der Waals surface area contributed by atoms with Gasteiger partial charge in [0, 0.05) is 4.47 Å². The molecule has 2 aliphatic rings. The fraction of sp³-hybridized carbons (Fsp3) is 0.412. The molecule has 2 aliphatic carbocycles. The minimum atomic E-state index is -0.938. The number of allylic oxidation sites excluding steroid dienone is 2. The van der Waals surface area contributed by atoms with E-state index in [1.807, 2.05) is 0 Å². The lowest BCUT2D eigenvalue weighted by Crippen LogP contribution is -2.11. The number of fused-ring (bicyclic) bond motifs is 2. The van der Waals surface area contributed by atoms with E-state index < -0.39 is 5.97 Å². The molecule has 122 valence electrons. The summed E-state index contributed by atoms with van der Waals surface area (Å²) in [6, 6.07) is 1.53. The number of carbonyl (C=O) groups is 2. The lowest BCUT2D eigenvalue weighted by atomic mass is 9.82. The number of rotatable bonds is 5. The summed E-state index contributed by atoms with van der Waals surface area (Å²) in [7, 11) is 0. The van der Waals surface area contributed by atoms with Crippen molar-refractivity contribution in [3.05, 3.63) is 37.8 Å². The van der Waals surface area contributed by atoms with Crippen molar-refractivity contribution in [1.82, 2.24) is 0 Å². The molecular formula is C17H16BrClO4. The van der Waals surface area contributed by atoms with Gasteiger partial charge in [0.25, 0.3) is 6.47 Å². The Balaban J connectivity index is 1.89. The number of ether oxygens (including phenoxy) is 1. The molecule has 1 N–H and O–H groups in total. The Kier molecular flexibility index (Phi) is 4.78. The Bertz CT molecular complexity index is 711. The van der Waals surface area contributed by atoms with Crippen LogP contribution < -0.4 is 0 Å². The average Bonchev–Trinajstić information content (AvgIpc) is 2.89. The van der Waals surface area contributed by atoms with Gasteiger partial charge < -0.3 is 9.84 Å². The number of carbonyl (C=O) groups excluding carboxylic acids is 1. The maximum absolute atomic E-state index is 11.5.